The van der Waals surface area contributed by atoms with Crippen LogP contribution in [0.1, 0.15) is 35.8 Å². The lowest BCUT2D eigenvalue weighted by Crippen LogP contribution is -2.18. The van der Waals surface area contributed by atoms with E-state index in [1.54, 1.807) is 0 Å². The van der Waals surface area contributed by atoms with Gasteiger partial charge in [-0.05, 0) is 44.0 Å². The van der Waals surface area contributed by atoms with Gasteiger partial charge in [-0.3, -0.25) is 4.79 Å². The van der Waals surface area contributed by atoms with Gasteiger partial charge in [-0.1, -0.05) is 0 Å². The SMILES string of the molecule is CCOC(=O)c1cnn(-c2ccc(NC(=O)C3CC3)cc2)c1C(F)(F)F. The molecule has 1 amide bonds. The molecule has 3 rings (SSSR count). The molecule has 6 nitrogen and oxygen atoms in total. The molecule has 0 atom stereocenters. The first-order chi connectivity index (χ1) is 12.3. The summed E-state index contributed by atoms with van der Waals surface area (Å²) in [5.41, 5.74) is -1.26. The minimum absolute atomic E-state index is 0.0183. The van der Waals surface area contributed by atoms with Gasteiger partial charge in [-0.25, -0.2) is 9.48 Å². The van der Waals surface area contributed by atoms with Crippen molar-refractivity contribution >= 4 is 17.6 Å². The molecule has 0 spiro atoms. The molecule has 9 heteroatoms. The molecule has 138 valence electrons. The van der Waals surface area contributed by atoms with Crippen molar-refractivity contribution in [3.8, 4) is 5.69 Å². The number of anilines is 1. The highest BCUT2D eigenvalue weighted by Crippen LogP contribution is 2.34. The van der Waals surface area contributed by atoms with E-state index in [2.05, 4.69) is 15.2 Å². The largest absolute Gasteiger partial charge is 0.462 e. The van der Waals surface area contributed by atoms with Gasteiger partial charge in [0.15, 0.2) is 5.69 Å². The van der Waals surface area contributed by atoms with Crippen molar-refractivity contribution in [1.82, 2.24) is 9.78 Å². The van der Waals surface area contributed by atoms with Crippen LogP contribution in [-0.2, 0) is 15.7 Å². The first-order valence-electron chi connectivity index (χ1n) is 8.05. The van der Waals surface area contributed by atoms with Gasteiger partial charge in [0.1, 0.15) is 5.56 Å². The fraction of sp³-hybridized carbons (Fsp3) is 0.353. The summed E-state index contributed by atoms with van der Waals surface area (Å²) in [4.78, 5) is 23.5. The lowest BCUT2D eigenvalue weighted by molar-refractivity contribution is -0.143. The average Bonchev–Trinajstić information content (AvgIpc) is 3.33. The highest BCUT2D eigenvalue weighted by atomic mass is 19.4. The summed E-state index contributed by atoms with van der Waals surface area (Å²) >= 11 is 0. The van der Waals surface area contributed by atoms with Crippen LogP contribution in [0.4, 0.5) is 18.9 Å². The van der Waals surface area contributed by atoms with Crippen molar-refractivity contribution in [2.24, 2.45) is 5.92 Å². The van der Waals surface area contributed by atoms with Gasteiger partial charge in [-0.2, -0.15) is 18.3 Å². The summed E-state index contributed by atoms with van der Waals surface area (Å²) in [7, 11) is 0. The van der Waals surface area contributed by atoms with E-state index in [1.807, 2.05) is 0 Å². The number of alkyl halides is 3. The van der Waals surface area contributed by atoms with E-state index >= 15 is 0 Å². The topological polar surface area (TPSA) is 73.2 Å². The van der Waals surface area contributed by atoms with Crippen LogP contribution in [0.15, 0.2) is 30.5 Å². The van der Waals surface area contributed by atoms with Gasteiger partial charge < -0.3 is 10.1 Å². The third-order valence-electron chi connectivity index (χ3n) is 3.86. The van der Waals surface area contributed by atoms with Crippen LogP contribution in [0.2, 0.25) is 0 Å². The van der Waals surface area contributed by atoms with Gasteiger partial charge in [0, 0.05) is 11.6 Å². The Labute approximate surface area is 146 Å². The fourth-order valence-corrected chi connectivity index (χ4v) is 2.45. The van der Waals surface area contributed by atoms with E-state index in [0.29, 0.717) is 10.4 Å². The predicted octanol–water partition coefficient (Wildman–Crippen LogP) is 3.42. The molecule has 26 heavy (non-hydrogen) atoms. The number of hydrogen-bond donors (Lipinski definition) is 1. The van der Waals surface area contributed by atoms with Crippen LogP contribution >= 0.6 is 0 Å². The molecule has 1 saturated carbocycles. The van der Waals surface area contributed by atoms with Crippen LogP contribution < -0.4 is 5.32 Å². The molecule has 0 unspecified atom stereocenters. The first-order valence-corrected chi connectivity index (χ1v) is 8.05. The summed E-state index contributed by atoms with van der Waals surface area (Å²) in [5.74, 6) is -1.17. The molecule has 1 aromatic carbocycles. The zero-order valence-corrected chi connectivity index (χ0v) is 13.8. The molecule has 1 aliphatic carbocycles. The van der Waals surface area contributed by atoms with Crippen LogP contribution in [0.3, 0.4) is 0 Å². The second kappa shape index (κ2) is 6.81. The summed E-state index contributed by atoms with van der Waals surface area (Å²) in [6.45, 7) is 1.46. The summed E-state index contributed by atoms with van der Waals surface area (Å²) in [6, 6.07) is 5.75. The monoisotopic (exact) mass is 367 g/mol. The molecule has 0 radical (unpaired) electrons. The number of carbonyl (C=O) groups excluding carboxylic acids is 2. The standard InChI is InChI=1S/C17H16F3N3O3/c1-2-26-16(25)13-9-21-23(14(13)17(18,19)20)12-7-5-11(6-8-12)22-15(24)10-3-4-10/h5-10H,2-4H2,1H3,(H,22,24). The zero-order valence-electron chi connectivity index (χ0n) is 13.8. The maximum atomic E-state index is 13.4. The van der Waals surface area contributed by atoms with E-state index in [1.165, 1.54) is 31.2 Å². The minimum atomic E-state index is -4.79. The van der Waals surface area contributed by atoms with Crippen molar-refractivity contribution in [3.63, 3.8) is 0 Å². The van der Waals surface area contributed by atoms with Crippen LogP contribution in [0.25, 0.3) is 5.69 Å². The third-order valence-corrected chi connectivity index (χ3v) is 3.86. The molecule has 0 saturated heterocycles. The highest BCUT2D eigenvalue weighted by Gasteiger charge is 2.41. The molecule has 1 heterocycles. The third kappa shape index (κ3) is 3.71. The second-order valence-corrected chi connectivity index (χ2v) is 5.85. The number of nitrogens with zero attached hydrogens (tertiary/aromatic N) is 2. The number of hydrogen-bond acceptors (Lipinski definition) is 4. The Kier molecular flexibility index (Phi) is 4.71. The Morgan fingerprint density at radius 1 is 1.27 bits per heavy atom. The average molecular weight is 367 g/mol. The predicted molar refractivity (Wildman–Crippen MR) is 85.9 cm³/mol. The number of aromatic nitrogens is 2. The van der Waals surface area contributed by atoms with Crippen LogP contribution in [0, 0.1) is 5.92 Å². The van der Waals surface area contributed by atoms with E-state index in [-0.39, 0.29) is 24.1 Å². The maximum absolute atomic E-state index is 13.4. The van der Waals surface area contributed by atoms with Crippen LogP contribution in [0.5, 0.6) is 0 Å². The Balaban J connectivity index is 1.90. The number of amides is 1. The van der Waals surface area contributed by atoms with Crippen molar-refractivity contribution < 1.29 is 27.5 Å². The van der Waals surface area contributed by atoms with E-state index in [9.17, 15) is 22.8 Å². The number of rotatable bonds is 5. The summed E-state index contributed by atoms with van der Waals surface area (Å²) in [6.07, 6.45) is -2.26. The number of esters is 1. The smallest absolute Gasteiger partial charge is 0.434 e. The second-order valence-electron chi connectivity index (χ2n) is 5.85. The molecular weight excluding hydrogens is 351 g/mol. The lowest BCUT2D eigenvalue weighted by Gasteiger charge is -2.13. The van der Waals surface area contributed by atoms with Gasteiger partial charge in [0.2, 0.25) is 5.91 Å². The van der Waals surface area contributed by atoms with Crippen molar-refractivity contribution in [2.75, 3.05) is 11.9 Å². The highest BCUT2D eigenvalue weighted by molar-refractivity contribution is 5.94. The number of nitrogens with one attached hydrogen (secondary N) is 1. The van der Waals surface area contributed by atoms with Gasteiger partial charge in [-0.15, -0.1) is 0 Å². The quantitative estimate of drug-likeness (QED) is 0.822. The summed E-state index contributed by atoms with van der Waals surface area (Å²) in [5, 5.41) is 6.40. The molecule has 2 aromatic rings. The Bertz CT molecular complexity index is 824. The van der Waals surface area contributed by atoms with E-state index in [4.69, 9.17) is 0 Å². The molecular formula is C17H16F3N3O3. The van der Waals surface area contributed by atoms with Gasteiger partial charge in [0.25, 0.3) is 0 Å². The molecule has 0 bridgehead atoms. The molecule has 1 fully saturated rings. The molecule has 1 aliphatic rings. The van der Waals surface area contributed by atoms with Crippen molar-refractivity contribution in [1.29, 1.82) is 0 Å². The Hall–Kier alpha value is -2.84. The number of ether oxygens (including phenoxy) is 1. The molecule has 0 aliphatic heterocycles. The Morgan fingerprint density at radius 3 is 2.46 bits per heavy atom. The van der Waals surface area contributed by atoms with Crippen LogP contribution in [-0.4, -0.2) is 28.3 Å². The van der Waals surface area contributed by atoms with Gasteiger partial charge >= 0.3 is 12.1 Å². The maximum Gasteiger partial charge on any atom is 0.434 e. The molecule has 1 N–H and O–H groups in total. The normalized spacial score (nSPS) is 14.2. The first kappa shape index (κ1) is 18.0. The number of halogens is 3. The Morgan fingerprint density at radius 2 is 1.92 bits per heavy atom. The molecule has 1 aromatic heterocycles. The summed E-state index contributed by atoms with van der Waals surface area (Å²) < 4.78 is 45.7. The zero-order chi connectivity index (χ0) is 18.9. The van der Waals surface area contributed by atoms with E-state index < -0.39 is 23.4 Å². The fourth-order valence-electron chi connectivity index (χ4n) is 2.45. The van der Waals surface area contributed by atoms with E-state index in [0.717, 1.165) is 19.0 Å². The van der Waals surface area contributed by atoms with Crippen molar-refractivity contribution in [2.45, 2.75) is 25.9 Å². The number of carbonyl (C=O) groups is 2. The lowest BCUT2D eigenvalue weighted by atomic mass is 10.2. The van der Waals surface area contributed by atoms with Gasteiger partial charge in [0.05, 0.1) is 18.5 Å². The van der Waals surface area contributed by atoms with Crippen molar-refractivity contribution in [3.05, 3.63) is 41.7 Å². The number of benzene rings is 1. The minimum Gasteiger partial charge on any atom is -0.462 e.